The van der Waals surface area contributed by atoms with E-state index in [1.807, 2.05) is 77.0 Å². The summed E-state index contributed by atoms with van der Waals surface area (Å²) in [6.07, 6.45) is 1.33. The summed E-state index contributed by atoms with van der Waals surface area (Å²) in [6, 6.07) is 6.26. The molecule has 1 aliphatic heterocycles. The van der Waals surface area contributed by atoms with E-state index in [9.17, 15) is 19.2 Å². The van der Waals surface area contributed by atoms with Crippen LogP contribution >= 0.6 is 0 Å². The van der Waals surface area contributed by atoms with E-state index in [0.29, 0.717) is 31.6 Å². The van der Waals surface area contributed by atoms with E-state index in [2.05, 4.69) is 31.3 Å². The average Bonchev–Trinajstić information content (AvgIpc) is 3.87. The maximum Gasteiger partial charge on any atom is 0.246 e. The van der Waals surface area contributed by atoms with Gasteiger partial charge in [0.05, 0.1) is 48.7 Å². The second-order valence-electron chi connectivity index (χ2n) is 15.6. The Hall–Kier alpha value is -3.99. The van der Waals surface area contributed by atoms with Gasteiger partial charge in [-0.2, -0.15) is 0 Å². The van der Waals surface area contributed by atoms with E-state index < -0.39 is 48.3 Å². The van der Waals surface area contributed by atoms with E-state index in [0.717, 1.165) is 12.0 Å². The van der Waals surface area contributed by atoms with Crippen molar-refractivity contribution >= 4 is 23.6 Å². The van der Waals surface area contributed by atoms with Gasteiger partial charge in [-0.1, -0.05) is 71.4 Å². The third-order valence-corrected chi connectivity index (χ3v) is 11.1. The number of benzene rings is 1. The van der Waals surface area contributed by atoms with Crippen molar-refractivity contribution < 1.29 is 28.7 Å². The Morgan fingerprint density at radius 3 is 2.20 bits per heavy atom. The van der Waals surface area contributed by atoms with Crippen LogP contribution in [-0.4, -0.2) is 143 Å². The number of nitrogens with one attached hydrogen (secondary N) is 3. The topological polar surface area (TPSA) is 201 Å². The maximum absolute atomic E-state index is 14.3. The van der Waals surface area contributed by atoms with E-state index in [4.69, 9.17) is 15.2 Å². The number of methoxy groups -OCH3 is 2. The van der Waals surface area contributed by atoms with Crippen LogP contribution in [0.3, 0.4) is 0 Å². The minimum atomic E-state index is -0.982. The highest BCUT2D eigenvalue weighted by Gasteiger charge is 2.43. The smallest absolute Gasteiger partial charge is 0.246 e. The summed E-state index contributed by atoms with van der Waals surface area (Å²) in [5, 5.41) is 20.3. The Morgan fingerprint density at radius 2 is 1.67 bits per heavy atom. The summed E-state index contributed by atoms with van der Waals surface area (Å²) in [5.74, 6) is -1.29. The van der Waals surface area contributed by atoms with Gasteiger partial charge in [-0.05, 0) is 61.7 Å². The Bertz CT molecular complexity index is 1490. The first-order valence-electron chi connectivity index (χ1n) is 19.5. The van der Waals surface area contributed by atoms with Crippen molar-refractivity contribution in [3.8, 4) is 0 Å². The van der Waals surface area contributed by atoms with Gasteiger partial charge in [0, 0.05) is 40.3 Å². The molecule has 0 saturated carbocycles. The average molecular weight is 771 g/mol. The molecular weight excluding hydrogens is 704 g/mol. The number of likely N-dealkylation sites (N-methyl/N-ethyl adjacent to an activating group) is 2. The van der Waals surface area contributed by atoms with Gasteiger partial charge in [-0.3, -0.25) is 24.1 Å². The van der Waals surface area contributed by atoms with E-state index in [1.54, 1.807) is 44.9 Å². The zero-order valence-corrected chi connectivity index (χ0v) is 34.7. The molecule has 0 spiro atoms. The number of tetrazole rings is 1. The maximum atomic E-state index is 14.3. The Kier molecular flexibility index (Phi) is 17.6. The van der Waals surface area contributed by atoms with Gasteiger partial charge in [-0.25, -0.2) is 5.10 Å². The molecule has 3 rings (SSSR count). The lowest BCUT2D eigenvalue weighted by Crippen LogP contribution is -2.62. The molecule has 1 aromatic carbocycles. The fourth-order valence-electron chi connectivity index (χ4n) is 8.00. The first-order chi connectivity index (χ1) is 26.1. The van der Waals surface area contributed by atoms with Crippen LogP contribution in [0.2, 0.25) is 0 Å². The predicted molar refractivity (Wildman–Crippen MR) is 209 cm³/mol. The van der Waals surface area contributed by atoms with Crippen LogP contribution in [0, 0.1) is 17.8 Å². The molecule has 55 heavy (non-hydrogen) atoms. The number of carbonyl (C=O) groups is 4. The van der Waals surface area contributed by atoms with Crippen molar-refractivity contribution in [1.29, 1.82) is 0 Å². The molecule has 1 unspecified atom stereocenters. The van der Waals surface area contributed by atoms with Gasteiger partial charge in [0.15, 0.2) is 5.82 Å². The number of hydrogen-bond acceptors (Lipinski definition) is 11. The summed E-state index contributed by atoms with van der Waals surface area (Å²) in [7, 11) is 8.44. The number of hydrogen-bond donors (Lipinski definition) is 4. The Balaban J connectivity index is 1.79. The van der Waals surface area contributed by atoms with Crippen LogP contribution in [0.25, 0.3) is 0 Å². The van der Waals surface area contributed by atoms with Crippen molar-refractivity contribution in [2.24, 2.45) is 23.5 Å². The highest BCUT2D eigenvalue weighted by molar-refractivity contribution is 5.90. The second-order valence-corrected chi connectivity index (χ2v) is 15.6. The highest BCUT2D eigenvalue weighted by Crippen LogP contribution is 2.30. The van der Waals surface area contributed by atoms with Gasteiger partial charge in [0.25, 0.3) is 0 Å². The Labute approximate surface area is 327 Å². The van der Waals surface area contributed by atoms with Gasteiger partial charge < -0.3 is 35.6 Å². The summed E-state index contributed by atoms with van der Waals surface area (Å²) < 4.78 is 12.0. The number of H-pyrrole nitrogens is 1. The Morgan fingerprint density at radius 1 is 1.00 bits per heavy atom. The number of amides is 4. The van der Waals surface area contributed by atoms with Gasteiger partial charge in [0.2, 0.25) is 23.6 Å². The van der Waals surface area contributed by atoms with E-state index >= 15 is 0 Å². The third-order valence-electron chi connectivity index (χ3n) is 11.1. The van der Waals surface area contributed by atoms with Crippen LogP contribution in [-0.2, 0) is 35.1 Å². The summed E-state index contributed by atoms with van der Waals surface area (Å²) in [4.78, 5) is 60.9. The molecule has 1 fully saturated rings. The molecule has 16 heteroatoms. The largest absolute Gasteiger partial charge is 0.379 e. The van der Waals surface area contributed by atoms with Crippen LogP contribution < -0.4 is 16.4 Å². The van der Waals surface area contributed by atoms with Crippen LogP contribution in [0.5, 0.6) is 0 Å². The molecule has 0 radical (unpaired) electrons. The highest BCUT2D eigenvalue weighted by atomic mass is 16.5. The number of aromatic amines is 1. The number of rotatable bonds is 21. The number of likely N-dealkylation sites (tertiary alicyclic amines) is 1. The van der Waals surface area contributed by atoms with Crippen molar-refractivity contribution in [3.63, 3.8) is 0 Å². The molecule has 1 aliphatic rings. The summed E-state index contributed by atoms with van der Waals surface area (Å²) in [6.45, 7) is 11.9. The molecule has 0 bridgehead atoms. The molecule has 16 nitrogen and oxygen atoms in total. The zero-order chi connectivity index (χ0) is 41.0. The van der Waals surface area contributed by atoms with Gasteiger partial charge >= 0.3 is 0 Å². The number of nitrogens with two attached hydrogens (primary N) is 1. The monoisotopic (exact) mass is 771 g/mol. The minimum absolute atomic E-state index is 0.000457. The van der Waals surface area contributed by atoms with E-state index in [1.165, 1.54) is 0 Å². The molecule has 0 aliphatic carbocycles. The molecule has 1 aromatic heterocycles. The summed E-state index contributed by atoms with van der Waals surface area (Å²) in [5.41, 5.74) is 7.33. The predicted octanol–water partition coefficient (Wildman–Crippen LogP) is 1.94. The SMILES string of the molecule is CC[C@H](C)[C@@H]([C@@H](CC(=O)N1CCC[C@H]1[C@H](OC)[C@@H](C)C(=O)N[C@@H](Cc1ccccc1)c1nnn[nH]1)OC)N(C)C(=O)[C@@H](NC(=O)C(C(C)C)N(C)C)[C@H](C)N. The van der Waals surface area contributed by atoms with Crippen molar-refractivity contribution in [2.45, 2.75) is 122 Å². The van der Waals surface area contributed by atoms with Gasteiger partial charge in [-0.15, -0.1) is 5.10 Å². The van der Waals surface area contributed by atoms with Crippen molar-refractivity contribution in [2.75, 3.05) is 41.9 Å². The number of aromatic nitrogens is 4. The lowest BCUT2D eigenvalue weighted by molar-refractivity contribution is -0.147. The third kappa shape index (κ3) is 11.8. The zero-order valence-electron chi connectivity index (χ0n) is 34.7. The molecule has 2 aromatic rings. The number of carbonyl (C=O) groups excluding carboxylic acids is 4. The van der Waals surface area contributed by atoms with Crippen molar-refractivity contribution in [1.82, 2.24) is 46.0 Å². The molecule has 4 amide bonds. The molecule has 10 atom stereocenters. The molecule has 1 saturated heterocycles. The van der Waals surface area contributed by atoms with Crippen molar-refractivity contribution in [3.05, 3.63) is 41.7 Å². The molecule has 2 heterocycles. The lowest BCUT2D eigenvalue weighted by Gasteiger charge is -2.41. The van der Waals surface area contributed by atoms with E-state index in [-0.39, 0.29) is 47.9 Å². The lowest BCUT2D eigenvalue weighted by atomic mass is 9.89. The van der Waals surface area contributed by atoms with Crippen LogP contribution in [0.15, 0.2) is 30.3 Å². The normalized spacial score (nSPS) is 19.5. The molecule has 5 N–H and O–H groups in total. The van der Waals surface area contributed by atoms with Crippen LogP contribution in [0.4, 0.5) is 0 Å². The minimum Gasteiger partial charge on any atom is -0.379 e. The summed E-state index contributed by atoms with van der Waals surface area (Å²) >= 11 is 0. The first kappa shape index (κ1) is 45.4. The fraction of sp³-hybridized carbons (Fsp3) is 0.718. The standard InChI is InChI=1S/C39H66N10O6/c1-12-24(4)34(48(9)39(53)32(26(6)40)42-38(52)33(23(2)3)47(7)8)30(54-10)22-31(50)49-20-16-19-29(49)35(55-11)25(5)37(51)41-28(36-43-45-46-44-36)21-27-17-14-13-15-18-27/h13-15,17-18,23-26,28-30,32-35H,12,16,19-22,40H2,1-11H3,(H,41,51)(H,42,52)(H,43,44,45,46)/t24-,25+,26-,28-,29-,30+,32-,33?,34-,35+/m0/s1. The number of ether oxygens (including phenoxy) is 2. The molecular formula is C39H66N10O6. The second kappa shape index (κ2) is 21.3. The van der Waals surface area contributed by atoms with Gasteiger partial charge in [0.1, 0.15) is 6.04 Å². The first-order valence-corrected chi connectivity index (χ1v) is 19.5. The fourth-order valence-corrected chi connectivity index (χ4v) is 8.00. The quantitative estimate of drug-likeness (QED) is 0.145. The molecule has 308 valence electrons. The number of nitrogens with zero attached hydrogens (tertiary/aromatic N) is 6. The van der Waals surface area contributed by atoms with Crippen LogP contribution in [0.1, 0.15) is 84.7 Å².